The number of anilines is 2. The summed E-state index contributed by atoms with van der Waals surface area (Å²) in [6, 6.07) is 18.9. The second-order valence-electron chi connectivity index (χ2n) is 6.15. The molecule has 2 aromatic heterocycles. The van der Waals surface area contributed by atoms with Gasteiger partial charge in [-0.3, -0.25) is 4.98 Å². The van der Waals surface area contributed by atoms with Crippen LogP contribution in [-0.2, 0) is 13.0 Å². The van der Waals surface area contributed by atoms with Crippen LogP contribution in [0.15, 0.2) is 73.1 Å². The number of benzene rings is 1. The predicted octanol–water partition coefficient (Wildman–Crippen LogP) is 3.48. The lowest BCUT2D eigenvalue weighted by Crippen LogP contribution is -2.30. The van der Waals surface area contributed by atoms with Gasteiger partial charge in [-0.15, -0.1) is 0 Å². The fourth-order valence-electron chi connectivity index (χ4n) is 2.72. The van der Waals surface area contributed by atoms with Crippen LogP contribution in [-0.4, -0.2) is 29.6 Å². The van der Waals surface area contributed by atoms with Gasteiger partial charge in [-0.2, -0.15) is 0 Å². The number of aromatic nitrogens is 2. The maximum absolute atomic E-state index is 12.1. The van der Waals surface area contributed by atoms with Crippen molar-refractivity contribution in [1.29, 1.82) is 0 Å². The van der Waals surface area contributed by atoms with E-state index in [-0.39, 0.29) is 6.03 Å². The van der Waals surface area contributed by atoms with Crippen molar-refractivity contribution in [2.24, 2.45) is 0 Å². The molecule has 2 N–H and O–H groups in total. The van der Waals surface area contributed by atoms with Crippen LogP contribution < -0.4 is 15.5 Å². The van der Waals surface area contributed by atoms with E-state index in [1.54, 1.807) is 12.4 Å². The Morgan fingerprint density at radius 2 is 1.74 bits per heavy atom. The summed E-state index contributed by atoms with van der Waals surface area (Å²) in [5.41, 5.74) is 2.76. The number of amides is 2. The Balaban J connectivity index is 1.57. The Kier molecular flexibility index (Phi) is 6.35. The summed E-state index contributed by atoms with van der Waals surface area (Å²) in [6.45, 7) is 1.19. The van der Waals surface area contributed by atoms with Crippen LogP contribution in [0.4, 0.5) is 16.3 Å². The molecule has 0 aliphatic carbocycles. The summed E-state index contributed by atoms with van der Waals surface area (Å²) in [7, 11) is 2.00. The highest BCUT2D eigenvalue weighted by molar-refractivity contribution is 5.89. The van der Waals surface area contributed by atoms with Crippen molar-refractivity contribution >= 4 is 17.5 Å². The quantitative estimate of drug-likeness (QED) is 0.676. The van der Waals surface area contributed by atoms with E-state index < -0.39 is 0 Å². The standard InChI is InChI=1S/C21H23N5O/c1-26(15-12-18-9-5-6-13-22-18)20-17(8-7-14-23-20)16-24-21(27)25-19-10-3-2-4-11-19/h2-11,13-14H,12,15-16H2,1H3,(H2,24,25,27). The van der Waals surface area contributed by atoms with Gasteiger partial charge in [0.15, 0.2) is 0 Å². The first-order valence-corrected chi connectivity index (χ1v) is 8.87. The van der Waals surface area contributed by atoms with Crippen LogP contribution in [0.3, 0.4) is 0 Å². The first-order valence-electron chi connectivity index (χ1n) is 8.87. The van der Waals surface area contributed by atoms with Gasteiger partial charge in [-0.1, -0.05) is 30.3 Å². The number of likely N-dealkylation sites (N-methyl/N-ethyl adjacent to an activating group) is 1. The van der Waals surface area contributed by atoms with E-state index in [2.05, 4.69) is 25.5 Å². The van der Waals surface area contributed by atoms with Gasteiger partial charge in [0.05, 0.1) is 0 Å². The molecule has 0 fully saturated rings. The lowest BCUT2D eigenvalue weighted by atomic mass is 10.2. The third-order valence-corrected chi connectivity index (χ3v) is 4.13. The Labute approximate surface area is 159 Å². The number of nitrogens with one attached hydrogen (secondary N) is 2. The van der Waals surface area contributed by atoms with E-state index in [9.17, 15) is 4.79 Å². The minimum absolute atomic E-state index is 0.243. The van der Waals surface area contributed by atoms with E-state index >= 15 is 0 Å². The maximum atomic E-state index is 12.1. The van der Waals surface area contributed by atoms with Crippen molar-refractivity contribution in [2.45, 2.75) is 13.0 Å². The summed E-state index contributed by atoms with van der Waals surface area (Å²) >= 11 is 0. The monoisotopic (exact) mass is 361 g/mol. The lowest BCUT2D eigenvalue weighted by Gasteiger charge is -2.21. The maximum Gasteiger partial charge on any atom is 0.319 e. The van der Waals surface area contributed by atoms with Gasteiger partial charge in [-0.05, 0) is 30.3 Å². The Morgan fingerprint density at radius 1 is 0.963 bits per heavy atom. The molecule has 0 saturated carbocycles. The molecule has 2 heterocycles. The van der Waals surface area contributed by atoms with Crippen LogP contribution in [0.5, 0.6) is 0 Å². The third kappa shape index (κ3) is 5.54. The topological polar surface area (TPSA) is 70.2 Å². The van der Waals surface area contributed by atoms with Crippen LogP contribution in [0, 0.1) is 0 Å². The van der Waals surface area contributed by atoms with E-state index in [4.69, 9.17) is 0 Å². The first-order chi connectivity index (χ1) is 13.2. The normalized spacial score (nSPS) is 10.3. The molecule has 6 heteroatoms. The Bertz CT molecular complexity index is 855. The number of nitrogens with zero attached hydrogens (tertiary/aromatic N) is 3. The molecular weight excluding hydrogens is 338 g/mol. The predicted molar refractivity (Wildman–Crippen MR) is 108 cm³/mol. The van der Waals surface area contributed by atoms with Gasteiger partial charge < -0.3 is 15.5 Å². The highest BCUT2D eigenvalue weighted by Gasteiger charge is 2.10. The van der Waals surface area contributed by atoms with Crippen molar-refractivity contribution in [3.63, 3.8) is 0 Å². The molecule has 1 aromatic carbocycles. The molecule has 0 bridgehead atoms. The second kappa shape index (κ2) is 9.33. The van der Waals surface area contributed by atoms with Gasteiger partial charge in [-0.25, -0.2) is 9.78 Å². The minimum atomic E-state index is -0.243. The number of hydrogen-bond donors (Lipinski definition) is 2. The average Bonchev–Trinajstić information content (AvgIpc) is 2.72. The highest BCUT2D eigenvalue weighted by atomic mass is 16.2. The fourth-order valence-corrected chi connectivity index (χ4v) is 2.72. The molecule has 27 heavy (non-hydrogen) atoms. The van der Waals surface area contributed by atoms with Crippen LogP contribution in [0.1, 0.15) is 11.3 Å². The number of urea groups is 1. The zero-order valence-electron chi connectivity index (χ0n) is 15.3. The summed E-state index contributed by atoms with van der Waals surface area (Å²) in [4.78, 5) is 23.0. The van der Waals surface area contributed by atoms with Crippen LogP contribution in [0.2, 0.25) is 0 Å². The number of rotatable bonds is 7. The second-order valence-corrected chi connectivity index (χ2v) is 6.15. The molecule has 0 aliphatic rings. The summed E-state index contributed by atoms with van der Waals surface area (Å²) < 4.78 is 0. The Morgan fingerprint density at radius 3 is 2.52 bits per heavy atom. The number of pyridine rings is 2. The molecular formula is C21H23N5O. The van der Waals surface area contributed by atoms with E-state index in [1.165, 1.54) is 0 Å². The number of hydrogen-bond acceptors (Lipinski definition) is 4. The highest BCUT2D eigenvalue weighted by Crippen LogP contribution is 2.16. The number of carbonyl (C=O) groups is 1. The molecule has 0 unspecified atom stereocenters. The minimum Gasteiger partial charge on any atom is -0.359 e. The zero-order valence-corrected chi connectivity index (χ0v) is 15.3. The SMILES string of the molecule is CN(CCc1ccccn1)c1ncccc1CNC(=O)Nc1ccccc1. The van der Waals surface area contributed by atoms with Gasteiger partial charge >= 0.3 is 6.03 Å². The van der Waals surface area contributed by atoms with Gasteiger partial charge in [0.25, 0.3) is 0 Å². The molecule has 3 rings (SSSR count). The molecule has 3 aromatic rings. The number of carbonyl (C=O) groups excluding carboxylic acids is 1. The van der Waals surface area contributed by atoms with Gasteiger partial charge in [0.1, 0.15) is 5.82 Å². The molecule has 0 radical (unpaired) electrons. The van der Waals surface area contributed by atoms with Gasteiger partial charge in [0.2, 0.25) is 0 Å². The van der Waals surface area contributed by atoms with Gasteiger partial charge in [0, 0.05) is 55.9 Å². The van der Waals surface area contributed by atoms with Crippen molar-refractivity contribution in [3.05, 3.63) is 84.3 Å². The first kappa shape index (κ1) is 18.4. The van der Waals surface area contributed by atoms with Crippen molar-refractivity contribution in [1.82, 2.24) is 15.3 Å². The lowest BCUT2D eigenvalue weighted by molar-refractivity contribution is 0.251. The average molecular weight is 361 g/mol. The molecule has 138 valence electrons. The van der Waals surface area contributed by atoms with Crippen LogP contribution in [0.25, 0.3) is 0 Å². The van der Waals surface area contributed by atoms with Crippen molar-refractivity contribution in [2.75, 3.05) is 23.8 Å². The molecule has 0 spiro atoms. The van der Waals surface area contributed by atoms with Crippen LogP contribution >= 0.6 is 0 Å². The van der Waals surface area contributed by atoms with E-state index in [1.807, 2.05) is 67.7 Å². The summed E-state index contributed by atoms with van der Waals surface area (Å²) in [6.07, 6.45) is 4.40. The Hall–Kier alpha value is -3.41. The third-order valence-electron chi connectivity index (χ3n) is 4.13. The molecule has 0 saturated heterocycles. The largest absolute Gasteiger partial charge is 0.359 e. The molecule has 0 atom stereocenters. The van der Waals surface area contributed by atoms with E-state index in [0.717, 1.165) is 35.7 Å². The smallest absolute Gasteiger partial charge is 0.319 e. The molecule has 6 nitrogen and oxygen atoms in total. The van der Waals surface area contributed by atoms with Crippen molar-refractivity contribution < 1.29 is 4.79 Å². The summed E-state index contributed by atoms with van der Waals surface area (Å²) in [5.74, 6) is 0.855. The zero-order chi connectivity index (χ0) is 18.9. The molecule has 0 aliphatic heterocycles. The van der Waals surface area contributed by atoms with E-state index in [0.29, 0.717) is 6.54 Å². The van der Waals surface area contributed by atoms with Crippen molar-refractivity contribution in [3.8, 4) is 0 Å². The molecule has 2 amide bonds. The number of para-hydroxylation sites is 1. The summed E-state index contributed by atoms with van der Waals surface area (Å²) in [5, 5.41) is 5.70. The fraction of sp³-hybridized carbons (Fsp3) is 0.190.